The number of hydrogen-bond acceptors (Lipinski definition) is 6. The molecule has 0 saturated carbocycles. The lowest BCUT2D eigenvalue weighted by molar-refractivity contribution is 0.241. The average molecular weight is 581 g/mol. The van der Waals surface area contributed by atoms with Crippen LogP contribution in [0.1, 0.15) is 23.1 Å². The molecule has 3 aromatic rings. The van der Waals surface area contributed by atoms with Crippen LogP contribution in [0.25, 0.3) is 11.1 Å². The van der Waals surface area contributed by atoms with Gasteiger partial charge in [0.2, 0.25) is 10.0 Å². The van der Waals surface area contributed by atoms with Crippen LogP contribution in [-0.2, 0) is 26.7 Å². The van der Waals surface area contributed by atoms with Gasteiger partial charge in [0, 0.05) is 37.1 Å². The Morgan fingerprint density at radius 2 is 1.79 bits per heavy atom. The molecule has 1 aromatic heterocycles. The Kier molecular flexibility index (Phi) is 9.85. The predicted octanol–water partition coefficient (Wildman–Crippen LogP) is 3.74. The normalized spacial score (nSPS) is 11.9. The van der Waals surface area contributed by atoms with Gasteiger partial charge in [0.15, 0.2) is 0 Å². The molecule has 204 valence electrons. The summed E-state index contributed by atoms with van der Waals surface area (Å²) in [6.45, 7) is 3.79. The summed E-state index contributed by atoms with van der Waals surface area (Å²) in [5.41, 5.74) is 4.10. The standard InChI is InChI=1S/C25H29ClN4O6S2/c1-18-15-27-12-10-22(18)21-7-3-6-20(14-21)16-30(13-5-11-28-25(31)29-17-37(32,33)34)38(35,36)24-9-4-8-23(26)19(24)2/h3-4,6-10,12,14-15H,5,11,13,16-17H2,1-2H3,(H2,28,29,31)(H,32,33,34). The fourth-order valence-electron chi connectivity index (χ4n) is 3.81. The third-order valence-corrected chi connectivity index (χ3v) is 8.65. The van der Waals surface area contributed by atoms with E-state index in [-0.39, 0.29) is 31.0 Å². The maximum atomic E-state index is 13.7. The molecule has 2 amide bonds. The minimum Gasteiger partial charge on any atom is -0.338 e. The molecule has 0 spiro atoms. The van der Waals surface area contributed by atoms with Gasteiger partial charge in [-0.25, -0.2) is 13.2 Å². The monoisotopic (exact) mass is 580 g/mol. The number of halogens is 1. The van der Waals surface area contributed by atoms with Gasteiger partial charge in [0.25, 0.3) is 10.1 Å². The third kappa shape index (κ3) is 7.98. The Morgan fingerprint density at radius 3 is 2.50 bits per heavy atom. The molecule has 0 bridgehead atoms. The lowest BCUT2D eigenvalue weighted by Crippen LogP contribution is -2.40. The van der Waals surface area contributed by atoms with E-state index in [9.17, 15) is 21.6 Å². The van der Waals surface area contributed by atoms with E-state index in [1.54, 1.807) is 31.5 Å². The molecule has 0 aliphatic heterocycles. The number of amides is 2. The molecule has 0 unspecified atom stereocenters. The molecule has 2 aromatic carbocycles. The van der Waals surface area contributed by atoms with Crippen LogP contribution in [-0.4, -0.2) is 55.7 Å². The average Bonchev–Trinajstić information content (AvgIpc) is 2.86. The number of nitrogens with zero attached hydrogens (tertiary/aromatic N) is 2. The van der Waals surface area contributed by atoms with Gasteiger partial charge in [-0.1, -0.05) is 35.9 Å². The quantitative estimate of drug-likeness (QED) is 0.231. The number of carbonyl (C=O) groups is 1. The second-order valence-corrected chi connectivity index (χ2v) is 12.4. The summed E-state index contributed by atoms with van der Waals surface area (Å²) in [5.74, 6) is -0.930. The van der Waals surface area contributed by atoms with E-state index in [0.29, 0.717) is 10.6 Å². The van der Waals surface area contributed by atoms with Crippen LogP contribution in [0, 0.1) is 13.8 Å². The SMILES string of the molecule is Cc1cnccc1-c1cccc(CN(CCCNC(=O)NCS(=O)(=O)O)S(=O)(=O)c2cccc(Cl)c2C)c1. The van der Waals surface area contributed by atoms with Crippen LogP contribution in [0.15, 0.2) is 65.8 Å². The first-order valence-corrected chi connectivity index (χ1v) is 15.0. The van der Waals surface area contributed by atoms with Crippen molar-refractivity contribution in [2.45, 2.75) is 31.7 Å². The van der Waals surface area contributed by atoms with Crippen molar-refractivity contribution < 1.29 is 26.2 Å². The summed E-state index contributed by atoms with van der Waals surface area (Å²) in [6, 6.07) is 13.4. The zero-order chi connectivity index (χ0) is 27.9. The van der Waals surface area contributed by atoms with E-state index in [1.165, 1.54) is 10.4 Å². The van der Waals surface area contributed by atoms with Crippen LogP contribution in [0.2, 0.25) is 5.02 Å². The van der Waals surface area contributed by atoms with E-state index in [4.69, 9.17) is 16.2 Å². The van der Waals surface area contributed by atoms with Crippen LogP contribution < -0.4 is 10.6 Å². The lowest BCUT2D eigenvalue weighted by atomic mass is 10.0. The summed E-state index contributed by atoms with van der Waals surface area (Å²) in [4.78, 5) is 16.0. The largest absolute Gasteiger partial charge is 0.338 e. The number of carbonyl (C=O) groups excluding carboxylic acids is 1. The molecule has 0 radical (unpaired) electrons. The Hall–Kier alpha value is -3.03. The van der Waals surface area contributed by atoms with Crippen molar-refractivity contribution in [3.63, 3.8) is 0 Å². The maximum absolute atomic E-state index is 13.7. The molecule has 38 heavy (non-hydrogen) atoms. The molecule has 3 N–H and O–H groups in total. The molecular weight excluding hydrogens is 552 g/mol. The Balaban J connectivity index is 1.82. The van der Waals surface area contributed by atoms with Gasteiger partial charge in [-0.05, 0) is 72.4 Å². The van der Waals surface area contributed by atoms with Gasteiger partial charge in [0.05, 0.1) is 4.90 Å². The second kappa shape index (κ2) is 12.7. The fourth-order valence-corrected chi connectivity index (χ4v) is 6.06. The first-order chi connectivity index (χ1) is 17.9. The van der Waals surface area contributed by atoms with E-state index >= 15 is 0 Å². The number of nitrogens with one attached hydrogen (secondary N) is 2. The van der Waals surface area contributed by atoms with Gasteiger partial charge >= 0.3 is 6.03 Å². The van der Waals surface area contributed by atoms with E-state index in [1.807, 2.05) is 42.6 Å². The number of aryl methyl sites for hydroxylation is 1. The van der Waals surface area contributed by atoms with Gasteiger partial charge in [-0.2, -0.15) is 12.7 Å². The van der Waals surface area contributed by atoms with E-state index in [2.05, 4.69) is 10.3 Å². The van der Waals surface area contributed by atoms with Crippen molar-refractivity contribution in [2.75, 3.05) is 19.0 Å². The first kappa shape index (κ1) is 29.5. The summed E-state index contributed by atoms with van der Waals surface area (Å²) in [7, 11) is -8.33. The molecule has 1 heterocycles. The van der Waals surface area contributed by atoms with Gasteiger partial charge < -0.3 is 10.6 Å². The molecule has 0 saturated heterocycles. The molecule has 10 nitrogen and oxygen atoms in total. The van der Waals surface area contributed by atoms with Crippen molar-refractivity contribution in [1.29, 1.82) is 0 Å². The van der Waals surface area contributed by atoms with Gasteiger partial charge in [-0.3, -0.25) is 9.54 Å². The fraction of sp³-hybridized carbons (Fsp3) is 0.280. The zero-order valence-electron chi connectivity index (χ0n) is 20.9. The number of benzene rings is 2. The van der Waals surface area contributed by atoms with Crippen LogP contribution in [0.4, 0.5) is 4.79 Å². The van der Waals surface area contributed by atoms with Crippen LogP contribution in [0.5, 0.6) is 0 Å². The van der Waals surface area contributed by atoms with E-state index < -0.39 is 32.0 Å². The number of sulfonamides is 1. The van der Waals surface area contributed by atoms with Crippen LogP contribution >= 0.6 is 11.6 Å². The van der Waals surface area contributed by atoms with Crippen molar-refractivity contribution in [3.8, 4) is 11.1 Å². The summed E-state index contributed by atoms with van der Waals surface area (Å²) in [6.07, 6.45) is 3.70. The van der Waals surface area contributed by atoms with Crippen molar-refractivity contribution in [2.24, 2.45) is 0 Å². The predicted molar refractivity (Wildman–Crippen MR) is 146 cm³/mol. The highest BCUT2D eigenvalue weighted by atomic mass is 35.5. The molecule has 0 aliphatic carbocycles. The first-order valence-electron chi connectivity index (χ1n) is 11.6. The summed E-state index contributed by atoms with van der Waals surface area (Å²) in [5, 5.41) is 4.79. The third-order valence-electron chi connectivity index (χ3n) is 5.74. The highest BCUT2D eigenvalue weighted by molar-refractivity contribution is 7.89. The highest BCUT2D eigenvalue weighted by Gasteiger charge is 2.27. The summed E-state index contributed by atoms with van der Waals surface area (Å²) < 4.78 is 59.1. The van der Waals surface area contributed by atoms with Gasteiger partial charge in [-0.15, -0.1) is 0 Å². The Morgan fingerprint density at radius 1 is 1.05 bits per heavy atom. The van der Waals surface area contributed by atoms with Gasteiger partial charge in [0.1, 0.15) is 5.88 Å². The smallest absolute Gasteiger partial charge is 0.315 e. The number of rotatable bonds is 11. The minimum atomic E-state index is -4.36. The maximum Gasteiger partial charge on any atom is 0.315 e. The zero-order valence-corrected chi connectivity index (χ0v) is 23.3. The molecule has 0 aliphatic rings. The summed E-state index contributed by atoms with van der Waals surface area (Å²) >= 11 is 6.21. The van der Waals surface area contributed by atoms with Crippen molar-refractivity contribution >= 4 is 37.8 Å². The highest BCUT2D eigenvalue weighted by Crippen LogP contribution is 2.28. The lowest BCUT2D eigenvalue weighted by Gasteiger charge is -2.24. The molecule has 13 heteroatoms. The van der Waals surface area contributed by atoms with E-state index in [0.717, 1.165) is 22.3 Å². The Bertz CT molecular complexity index is 1510. The van der Waals surface area contributed by atoms with Crippen molar-refractivity contribution in [1.82, 2.24) is 19.9 Å². The molecule has 0 fully saturated rings. The number of pyridine rings is 1. The number of aromatic nitrogens is 1. The number of urea groups is 1. The molecule has 3 rings (SSSR count). The van der Waals surface area contributed by atoms with Crippen LogP contribution in [0.3, 0.4) is 0 Å². The minimum absolute atomic E-state index is 0.0609. The number of hydrogen-bond donors (Lipinski definition) is 3. The Labute approximate surface area is 227 Å². The topological polar surface area (TPSA) is 146 Å². The molecule has 0 atom stereocenters. The molecular formula is C25H29ClN4O6S2. The second-order valence-electron chi connectivity index (χ2n) is 8.61. The van der Waals surface area contributed by atoms with Crippen molar-refractivity contribution in [3.05, 3.63) is 82.6 Å².